The zero-order chi connectivity index (χ0) is 11.7. The second-order valence-electron chi connectivity index (χ2n) is 3.50. The Bertz CT molecular complexity index is 522. The lowest BCUT2D eigenvalue weighted by Gasteiger charge is -2.09. The van der Waals surface area contributed by atoms with Crippen molar-refractivity contribution in [1.29, 1.82) is 0 Å². The average Bonchev–Trinajstić information content (AvgIpc) is 2.65. The number of aromatic nitrogens is 2. The number of aromatic amines is 1. The van der Waals surface area contributed by atoms with Crippen LogP contribution in [0.2, 0.25) is 5.02 Å². The van der Waals surface area contributed by atoms with E-state index >= 15 is 0 Å². The highest BCUT2D eigenvalue weighted by molar-refractivity contribution is 6.33. The summed E-state index contributed by atoms with van der Waals surface area (Å²) in [6.45, 7) is 1.94. The molecule has 16 heavy (non-hydrogen) atoms. The summed E-state index contributed by atoms with van der Waals surface area (Å²) < 4.78 is 5.25. The minimum Gasteiger partial charge on any atom is -0.496 e. The molecule has 0 fully saturated rings. The second-order valence-corrected chi connectivity index (χ2v) is 3.91. The number of ether oxygens (including phenoxy) is 1. The molecule has 3 N–H and O–H groups in total. The van der Waals surface area contributed by atoms with Crippen molar-refractivity contribution in [3.63, 3.8) is 0 Å². The van der Waals surface area contributed by atoms with E-state index in [-0.39, 0.29) is 0 Å². The van der Waals surface area contributed by atoms with Crippen molar-refractivity contribution in [2.45, 2.75) is 6.92 Å². The predicted octanol–water partition coefficient (Wildman–Crippen LogP) is 2.63. The molecule has 0 amide bonds. The van der Waals surface area contributed by atoms with E-state index in [9.17, 15) is 0 Å². The van der Waals surface area contributed by atoms with Crippen molar-refractivity contribution in [2.24, 2.45) is 0 Å². The fraction of sp³-hybridized carbons (Fsp3) is 0.182. The quantitative estimate of drug-likeness (QED) is 0.844. The fourth-order valence-corrected chi connectivity index (χ4v) is 1.91. The number of rotatable bonds is 2. The predicted molar refractivity (Wildman–Crippen MR) is 64.7 cm³/mol. The Morgan fingerprint density at radius 1 is 1.38 bits per heavy atom. The summed E-state index contributed by atoms with van der Waals surface area (Å²) in [4.78, 5) is 0. The molecule has 0 aliphatic rings. The van der Waals surface area contributed by atoms with Crippen molar-refractivity contribution in [1.82, 2.24) is 10.2 Å². The molecular formula is C11H12ClN3O. The second kappa shape index (κ2) is 4.06. The van der Waals surface area contributed by atoms with Gasteiger partial charge in [0.05, 0.1) is 13.3 Å². The first-order chi connectivity index (χ1) is 7.63. The van der Waals surface area contributed by atoms with Crippen LogP contribution >= 0.6 is 11.6 Å². The van der Waals surface area contributed by atoms with Gasteiger partial charge in [-0.1, -0.05) is 11.6 Å². The van der Waals surface area contributed by atoms with E-state index in [1.807, 2.05) is 19.1 Å². The molecule has 0 saturated carbocycles. The van der Waals surface area contributed by atoms with Crippen molar-refractivity contribution in [3.05, 3.63) is 28.9 Å². The summed E-state index contributed by atoms with van der Waals surface area (Å²) >= 11 is 6.17. The molecule has 2 aromatic rings. The molecule has 0 saturated heterocycles. The highest BCUT2D eigenvalue weighted by Crippen LogP contribution is 2.35. The van der Waals surface area contributed by atoms with E-state index in [0.29, 0.717) is 10.8 Å². The van der Waals surface area contributed by atoms with Gasteiger partial charge in [-0.3, -0.25) is 5.10 Å². The van der Waals surface area contributed by atoms with Gasteiger partial charge in [0.1, 0.15) is 11.6 Å². The lowest BCUT2D eigenvalue weighted by atomic mass is 10.1. The van der Waals surface area contributed by atoms with Crippen LogP contribution in [0.25, 0.3) is 11.1 Å². The summed E-state index contributed by atoms with van der Waals surface area (Å²) in [6, 6.07) is 3.71. The van der Waals surface area contributed by atoms with Crippen LogP contribution in [0.5, 0.6) is 5.75 Å². The molecule has 0 unspecified atom stereocenters. The van der Waals surface area contributed by atoms with Crippen LogP contribution in [-0.4, -0.2) is 17.3 Å². The molecule has 1 aromatic carbocycles. The monoisotopic (exact) mass is 237 g/mol. The third-order valence-electron chi connectivity index (χ3n) is 2.44. The first-order valence-corrected chi connectivity index (χ1v) is 5.14. The Kier molecular flexibility index (Phi) is 2.75. The molecule has 0 radical (unpaired) electrons. The molecule has 5 heteroatoms. The van der Waals surface area contributed by atoms with Gasteiger partial charge in [-0.2, -0.15) is 5.10 Å². The van der Waals surface area contributed by atoms with E-state index < -0.39 is 0 Å². The molecule has 0 bridgehead atoms. The molecule has 0 aliphatic heterocycles. The van der Waals surface area contributed by atoms with Crippen molar-refractivity contribution >= 4 is 17.4 Å². The summed E-state index contributed by atoms with van der Waals surface area (Å²) in [6.07, 6.45) is 1.64. The molecule has 0 spiro atoms. The minimum absolute atomic E-state index is 0.493. The highest BCUT2D eigenvalue weighted by atomic mass is 35.5. The lowest BCUT2D eigenvalue weighted by Crippen LogP contribution is -1.91. The summed E-state index contributed by atoms with van der Waals surface area (Å²) in [5.41, 5.74) is 8.33. The SMILES string of the molecule is COc1cc(-c2cn[nH]c2N)c(Cl)cc1C. The standard InChI is InChI=1S/C11H12ClN3O/c1-6-3-9(12)7(4-10(6)16-2)8-5-14-15-11(8)13/h3-5H,1-2H3,(H3,13,14,15). The van der Waals surface area contributed by atoms with Gasteiger partial charge in [0.2, 0.25) is 0 Å². The fourth-order valence-electron chi connectivity index (χ4n) is 1.59. The summed E-state index contributed by atoms with van der Waals surface area (Å²) in [5.74, 6) is 1.27. The molecular weight excluding hydrogens is 226 g/mol. The zero-order valence-corrected chi connectivity index (χ0v) is 9.80. The molecule has 1 heterocycles. The van der Waals surface area contributed by atoms with Gasteiger partial charge < -0.3 is 10.5 Å². The van der Waals surface area contributed by atoms with Gasteiger partial charge in [-0.25, -0.2) is 0 Å². The molecule has 1 aromatic heterocycles. The number of anilines is 1. The third-order valence-corrected chi connectivity index (χ3v) is 2.76. The maximum atomic E-state index is 6.17. The number of nitrogen functional groups attached to an aromatic ring is 1. The number of methoxy groups -OCH3 is 1. The van der Waals surface area contributed by atoms with Gasteiger partial charge >= 0.3 is 0 Å². The van der Waals surface area contributed by atoms with Crippen molar-refractivity contribution in [2.75, 3.05) is 12.8 Å². The summed E-state index contributed by atoms with van der Waals surface area (Å²) in [7, 11) is 1.62. The number of nitrogens with one attached hydrogen (secondary N) is 1. The average molecular weight is 238 g/mol. The van der Waals surface area contributed by atoms with Crippen LogP contribution in [0.1, 0.15) is 5.56 Å². The normalized spacial score (nSPS) is 10.4. The molecule has 4 nitrogen and oxygen atoms in total. The van der Waals surface area contributed by atoms with E-state index in [2.05, 4.69) is 10.2 Å². The maximum Gasteiger partial charge on any atom is 0.126 e. The number of nitrogens with two attached hydrogens (primary N) is 1. The van der Waals surface area contributed by atoms with E-state index in [4.69, 9.17) is 22.1 Å². The smallest absolute Gasteiger partial charge is 0.126 e. The first-order valence-electron chi connectivity index (χ1n) is 4.77. The number of hydrogen-bond acceptors (Lipinski definition) is 3. The van der Waals surface area contributed by atoms with Gasteiger partial charge in [-0.05, 0) is 24.6 Å². The number of hydrogen-bond donors (Lipinski definition) is 2. The third kappa shape index (κ3) is 1.72. The molecule has 0 aliphatic carbocycles. The van der Waals surface area contributed by atoms with Crippen LogP contribution in [0.3, 0.4) is 0 Å². The zero-order valence-electron chi connectivity index (χ0n) is 9.04. The molecule has 0 atom stereocenters. The van der Waals surface area contributed by atoms with E-state index in [1.165, 1.54) is 0 Å². The Hall–Kier alpha value is -1.68. The number of nitrogens with zero attached hydrogens (tertiary/aromatic N) is 1. The molecule has 84 valence electrons. The summed E-state index contributed by atoms with van der Waals surface area (Å²) in [5, 5.41) is 7.17. The minimum atomic E-state index is 0.493. The maximum absolute atomic E-state index is 6.17. The van der Waals surface area contributed by atoms with Crippen LogP contribution in [0, 0.1) is 6.92 Å². The van der Waals surface area contributed by atoms with E-state index in [1.54, 1.807) is 13.3 Å². The Balaban J connectivity index is 2.61. The number of H-pyrrole nitrogens is 1. The molecule has 2 rings (SSSR count). The van der Waals surface area contributed by atoms with E-state index in [0.717, 1.165) is 22.4 Å². The first kappa shape index (κ1) is 10.8. The van der Waals surface area contributed by atoms with Crippen LogP contribution in [0.15, 0.2) is 18.3 Å². The Labute approximate surface area is 98.4 Å². The highest BCUT2D eigenvalue weighted by Gasteiger charge is 2.12. The van der Waals surface area contributed by atoms with Crippen LogP contribution in [0.4, 0.5) is 5.82 Å². The van der Waals surface area contributed by atoms with Gasteiger partial charge in [0.15, 0.2) is 0 Å². The van der Waals surface area contributed by atoms with Crippen LogP contribution < -0.4 is 10.5 Å². The van der Waals surface area contributed by atoms with Crippen LogP contribution in [-0.2, 0) is 0 Å². The van der Waals surface area contributed by atoms with Gasteiger partial charge in [0, 0.05) is 16.1 Å². The Morgan fingerprint density at radius 2 is 2.12 bits per heavy atom. The lowest BCUT2D eigenvalue weighted by molar-refractivity contribution is 0.412. The number of benzene rings is 1. The van der Waals surface area contributed by atoms with Gasteiger partial charge in [0.25, 0.3) is 0 Å². The number of halogens is 1. The van der Waals surface area contributed by atoms with Gasteiger partial charge in [-0.15, -0.1) is 0 Å². The van der Waals surface area contributed by atoms with Crippen molar-refractivity contribution in [3.8, 4) is 16.9 Å². The van der Waals surface area contributed by atoms with Crippen molar-refractivity contribution < 1.29 is 4.74 Å². The Morgan fingerprint density at radius 3 is 2.69 bits per heavy atom. The number of aryl methyl sites for hydroxylation is 1. The largest absolute Gasteiger partial charge is 0.496 e. The topological polar surface area (TPSA) is 63.9 Å².